The molecule has 26 heteroatoms. The van der Waals surface area contributed by atoms with Crippen LogP contribution in [0.3, 0.4) is 0 Å². The van der Waals surface area contributed by atoms with Gasteiger partial charge in [-0.25, -0.2) is 14.8 Å². The van der Waals surface area contributed by atoms with E-state index in [1.807, 2.05) is 6.92 Å². The lowest BCUT2D eigenvalue weighted by Crippen LogP contribution is -2.42. The van der Waals surface area contributed by atoms with E-state index in [0.29, 0.717) is 48.8 Å². The molecule has 6 amide bonds. The number of halogens is 3. The standard InChI is InChI=1S/C43H55F3N10O11S2/c1-6-27-20-29(67-34(60)16-15-31(57)47-4)23-55(27)33(59)8-7-18-68-69-19-17-48-32(58)14-13-30(40(64)66-5)51-38(62)25-9-11-28(12-10-25)56(41(65)43(44,45)46)22-26-21-49-36-35(50-26)39(63)54-42(52-36)53-37(61)24(2)3/h9-12,21,24,27,29-30H,6-8,13-20,22-23H2,1-5H3,(H,47,57)(H,48,58)(H,51,62)(H2,49,52,53,54,61,63)/t27-,29-,30-/m1/s1. The van der Waals surface area contributed by atoms with Crippen LogP contribution in [-0.4, -0.2) is 135 Å². The van der Waals surface area contributed by atoms with Gasteiger partial charge in [-0.2, -0.15) is 18.2 Å². The van der Waals surface area contributed by atoms with Crippen molar-refractivity contribution in [1.82, 2.24) is 40.8 Å². The predicted molar refractivity (Wildman–Crippen MR) is 248 cm³/mol. The molecule has 0 spiro atoms. The summed E-state index contributed by atoms with van der Waals surface area (Å²) in [7, 11) is 5.62. The van der Waals surface area contributed by atoms with E-state index in [1.54, 1.807) is 18.7 Å². The van der Waals surface area contributed by atoms with E-state index in [9.17, 15) is 56.3 Å². The maximum absolute atomic E-state index is 13.8. The number of rotatable bonds is 24. The number of esters is 2. The first-order valence-corrected chi connectivity index (χ1v) is 24.4. The van der Waals surface area contributed by atoms with Crippen LogP contribution < -0.4 is 31.7 Å². The Balaban J connectivity index is 1.22. The number of nitrogens with one attached hydrogen (secondary N) is 5. The Kier molecular flexibility index (Phi) is 21.2. The zero-order valence-corrected chi connectivity index (χ0v) is 40.2. The molecular formula is C43H55F3N10O11S2. The van der Waals surface area contributed by atoms with Gasteiger partial charge in [0.15, 0.2) is 11.2 Å². The number of H-pyrrole nitrogens is 1. The molecule has 0 saturated carbocycles. The monoisotopic (exact) mass is 1010 g/mol. The molecule has 0 aliphatic carbocycles. The minimum absolute atomic E-state index is 0.0243. The largest absolute Gasteiger partial charge is 0.471 e. The second-order valence-electron chi connectivity index (χ2n) is 15.8. The number of carbonyl (C=O) groups excluding carboxylic acids is 8. The fourth-order valence-electron chi connectivity index (χ4n) is 6.75. The van der Waals surface area contributed by atoms with Crippen molar-refractivity contribution in [3.63, 3.8) is 0 Å². The smallest absolute Gasteiger partial charge is 0.467 e. The lowest BCUT2D eigenvalue weighted by molar-refractivity contribution is -0.170. The number of fused-ring (bicyclic) bond motifs is 1. The van der Waals surface area contributed by atoms with Crippen molar-refractivity contribution in [2.75, 3.05) is 49.0 Å². The SMILES string of the molecule is CC[C@@H]1C[C@@H](OC(=O)CCC(=O)NC)CN1C(=O)CCCSSCCNC(=O)CC[C@@H](NC(=O)c1ccc(N(Cc2cnc3nc(NC(=O)C(C)C)[nH]c(=O)c3n2)C(=O)C(F)(F)F)cc1)C(=O)OC. The molecule has 0 radical (unpaired) electrons. The number of aromatic nitrogens is 4. The highest BCUT2D eigenvalue weighted by atomic mass is 33.1. The summed E-state index contributed by atoms with van der Waals surface area (Å²) in [5.41, 5.74) is -2.08. The van der Waals surface area contributed by atoms with Crippen LogP contribution in [0.1, 0.15) is 88.2 Å². The van der Waals surface area contributed by atoms with Crippen LogP contribution in [-0.2, 0) is 49.6 Å². The van der Waals surface area contributed by atoms with Gasteiger partial charge < -0.3 is 30.3 Å². The normalized spacial score (nSPS) is 15.0. The number of amides is 6. The first-order valence-electron chi connectivity index (χ1n) is 21.9. The molecule has 3 atom stereocenters. The van der Waals surface area contributed by atoms with Gasteiger partial charge in [0, 0.05) is 74.0 Å². The molecule has 69 heavy (non-hydrogen) atoms. The van der Waals surface area contributed by atoms with Gasteiger partial charge in [-0.05, 0) is 43.5 Å². The van der Waals surface area contributed by atoms with Crippen molar-refractivity contribution in [1.29, 1.82) is 0 Å². The highest BCUT2D eigenvalue weighted by molar-refractivity contribution is 8.76. The van der Waals surface area contributed by atoms with Crippen LogP contribution in [0.15, 0.2) is 35.3 Å². The van der Waals surface area contributed by atoms with E-state index < -0.39 is 71.9 Å². The zero-order chi connectivity index (χ0) is 50.8. The lowest BCUT2D eigenvalue weighted by atomic mass is 10.1. The number of carbonyl (C=O) groups is 8. The van der Waals surface area contributed by atoms with Crippen molar-refractivity contribution >= 4 is 91.8 Å². The molecule has 1 fully saturated rings. The number of alkyl halides is 3. The zero-order valence-electron chi connectivity index (χ0n) is 38.6. The lowest BCUT2D eigenvalue weighted by Gasteiger charge is -2.24. The summed E-state index contributed by atoms with van der Waals surface area (Å²) in [6.07, 6.45) is -2.87. The summed E-state index contributed by atoms with van der Waals surface area (Å²) in [5.74, 6) is -5.02. The number of nitrogens with zero attached hydrogens (tertiary/aromatic N) is 5. The van der Waals surface area contributed by atoms with Crippen molar-refractivity contribution in [2.45, 2.75) is 103 Å². The topological polar surface area (TPSA) is 281 Å². The maximum Gasteiger partial charge on any atom is 0.471 e. The summed E-state index contributed by atoms with van der Waals surface area (Å²) in [6.45, 7) is 5.00. The third kappa shape index (κ3) is 17.0. The summed E-state index contributed by atoms with van der Waals surface area (Å²) >= 11 is 0. The van der Waals surface area contributed by atoms with Crippen molar-refractivity contribution in [3.05, 3.63) is 52.1 Å². The van der Waals surface area contributed by atoms with Gasteiger partial charge >= 0.3 is 24.0 Å². The molecule has 1 aliphatic rings. The number of hydrogen-bond acceptors (Lipinski definition) is 16. The Hall–Kier alpha value is -6.31. The molecule has 0 unspecified atom stereocenters. The highest BCUT2D eigenvalue weighted by Crippen LogP contribution is 2.28. The van der Waals surface area contributed by atoms with E-state index in [4.69, 9.17) is 9.47 Å². The second kappa shape index (κ2) is 26.4. The summed E-state index contributed by atoms with van der Waals surface area (Å²) in [5, 5.41) is 10.1. The molecule has 3 heterocycles. The molecule has 1 aromatic carbocycles. The Bertz CT molecular complexity index is 2390. The molecule has 1 saturated heterocycles. The first kappa shape index (κ1) is 55.3. The Morgan fingerprint density at radius 3 is 2.33 bits per heavy atom. The van der Waals surface area contributed by atoms with Crippen molar-refractivity contribution in [2.24, 2.45) is 5.92 Å². The summed E-state index contributed by atoms with van der Waals surface area (Å²) in [6, 6.07) is 3.06. The van der Waals surface area contributed by atoms with Gasteiger partial charge in [0.2, 0.25) is 29.6 Å². The van der Waals surface area contributed by atoms with Gasteiger partial charge in [0.1, 0.15) is 12.1 Å². The van der Waals surface area contributed by atoms with Gasteiger partial charge in [0.25, 0.3) is 11.5 Å². The van der Waals surface area contributed by atoms with Gasteiger partial charge in [0.05, 0.1) is 38.5 Å². The van der Waals surface area contributed by atoms with Crippen LogP contribution in [0.5, 0.6) is 0 Å². The van der Waals surface area contributed by atoms with E-state index in [-0.39, 0.29) is 77.6 Å². The number of anilines is 2. The molecule has 0 bridgehead atoms. The first-order chi connectivity index (χ1) is 32.7. The minimum Gasteiger partial charge on any atom is -0.467 e. The number of ether oxygens (including phenoxy) is 2. The van der Waals surface area contributed by atoms with Crippen LogP contribution in [0.25, 0.3) is 11.2 Å². The molecule has 3 aromatic rings. The molecule has 5 N–H and O–H groups in total. The highest BCUT2D eigenvalue weighted by Gasteiger charge is 2.43. The quantitative estimate of drug-likeness (QED) is 0.0490. The summed E-state index contributed by atoms with van der Waals surface area (Å²) < 4.78 is 51.7. The Labute approximate surface area is 402 Å². The molecule has 21 nitrogen and oxygen atoms in total. The number of aromatic amines is 1. The maximum atomic E-state index is 13.8. The number of methoxy groups -OCH3 is 1. The average molecular weight is 1010 g/mol. The Morgan fingerprint density at radius 2 is 1.68 bits per heavy atom. The van der Waals surface area contributed by atoms with E-state index >= 15 is 0 Å². The van der Waals surface area contributed by atoms with E-state index in [2.05, 4.69) is 41.2 Å². The van der Waals surface area contributed by atoms with Crippen molar-refractivity contribution < 1.29 is 61.0 Å². The number of benzene rings is 1. The molecule has 2 aromatic heterocycles. The molecule has 4 rings (SSSR count). The third-order valence-electron chi connectivity index (χ3n) is 10.4. The van der Waals surface area contributed by atoms with Crippen LogP contribution in [0, 0.1) is 5.92 Å². The van der Waals surface area contributed by atoms with Crippen molar-refractivity contribution in [3.8, 4) is 0 Å². The fourth-order valence-corrected chi connectivity index (χ4v) is 8.74. The van der Waals surface area contributed by atoms with Gasteiger partial charge in [-0.1, -0.05) is 42.4 Å². The van der Waals surface area contributed by atoms with Crippen LogP contribution in [0.4, 0.5) is 24.8 Å². The third-order valence-corrected chi connectivity index (χ3v) is 12.9. The predicted octanol–water partition coefficient (Wildman–Crippen LogP) is 3.18. The van der Waals surface area contributed by atoms with Gasteiger partial charge in [-0.15, -0.1) is 0 Å². The minimum atomic E-state index is -5.34. The summed E-state index contributed by atoms with van der Waals surface area (Å²) in [4.78, 5) is 129. The Morgan fingerprint density at radius 1 is 0.971 bits per heavy atom. The number of hydrogen-bond donors (Lipinski definition) is 5. The fraction of sp³-hybridized carbons (Fsp3) is 0.535. The van der Waals surface area contributed by atoms with E-state index in [0.717, 1.165) is 44.0 Å². The van der Waals surface area contributed by atoms with Crippen LogP contribution in [0.2, 0.25) is 0 Å². The number of likely N-dealkylation sites (tertiary alicyclic amines) is 1. The second-order valence-corrected chi connectivity index (χ2v) is 18.5. The van der Waals surface area contributed by atoms with Crippen LogP contribution >= 0.6 is 21.6 Å². The average Bonchev–Trinajstić information content (AvgIpc) is 3.73. The van der Waals surface area contributed by atoms with E-state index in [1.165, 1.54) is 28.6 Å². The molecule has 376 valence electrons. The van der Waals surface area contributed by atoms with Gasteiger partial charge in [-0.3, -0.25) is 53.6 Å². The molecule has 1 aliphatic heterocycles. The molecular weight excluding hydrogens is 954 g/mol.